The topological polar surface area (TPSA) is 20.2 Å². The maximum atomic E-state index is 9.79. The van der Waals surface area contributed by atoms with Crippen LogP contribution in [0.2, 0.25) is 0 Å². The van der Waals surface area contributed by atoms with Crippen LogP contribution in [-0.2, 0) is 0 Å². The second-order valence-corrected chi connectivity index (χ2v) is 4.67. The lowest BCUT2D eigenvalue weighted by atomic mass is 9.92. The van der Waals surface area contributed by atoms with Crippen molar-refractivity contribution in [3.05, 3.63) is 0 Å². The van der Waals surface area contributed by atoms with Crippen LogP contribution in [0.25, 0.3) is 0 Å². The van der Waals surface area contributed by atoms with Crippen LogP contribution in [0.4, 0.5) is 0 Å². The van der Waals surface area contributed by atoms with Crippen molar-refractivity contribution in [2.24, 2.45) is 11.8 Å². The Labute approximate surface area is 83.5 Å². The second kappa shape index (κ2) is 7.37. The van der Waals surface area contributed by atoms with E-state index in [-0.39, 0.29) is 6.10 Å². The van der Waals surface area contributed by atoms with Gasteiger partial charge in [0.05, 0.1) is 6.10 Å². The SMILES string of the molecule is CCCCCC(C)C(O)CC(C)C. The van der Waals surface area contributed by atoms with E-state index in [4.69, 9.17) is 0 Å². The van der Waals surface area contributed by atoms with Gasteiger partial charge in [-0.1, -0.05) is 47.0 Å². The van der Waals surface area contributed by atoms with Gasteiger partial charge in [-0.15, -0.1) is 0 Å². The molecule has 0 saturated heterocycles. The molecule has 13 heavy (non-hydrogen) atoms. The fraction of sp³-hybridized carbons (Fsp3) is 1.00. The molecule has 0 aliphatic heterocycles. The average Bonchev–Trinajstić information content (AvgIpc) is 2.03. The van der Waals surface area contributed by atoms with Gasteiger partial charge in [-0.25, -0.2) is 0 Å². The van der Waals surface area contributed by atoms with E-state index in [1.54, 1.807) is 0 Å². The van der Waals surface area contributed by atoms with Crippen LogP contribution in [0, 0.1) is 11.8 Å². The van der Waals surface area contributed by atoms with Gasteiger partial charge >= 0.3 is 0 Å². The van der Waals surface area contributed by atoms with Crippen LogP contribution >= 0.6 is 0 Å². The van der Waals surface area contributed by atoms with Crippen molar-refractivity contribution >= 4 is 0 Å². The van der Waals surface area contributed by atoms with Crippen molar-refractivity contribution in [1.82, 2.24) is 0 Å². The molecule has 0 aliphatic carbocycles. The maximum Gasteiger partial charge on any atom is 0.0568 e. The number of hydrogen-bond acceptors (Lipinski definition) is 1. The zero-order valence-electron chi connectivity index (χ0n) is 9.71. The molecule has 80 valence electrons. The van der Waals surface area contributed by atoms with Crippen LogP contribution in [0.3, 0.4) is 0 Å². The molecule has 2 atom stereocenters. The van der Waals surface area contributed by atoms with E-state index in [1.165, 1.54) is 25.7 Å². The minimum atomic E-state index is -0.0862. The largest absolute Gasteiger partial charge is 0.393 e. The smallest absolute Gasteiger partial charge is 0.0568 e. The fourth-order valence-corrected chi connectivity index (χ4v) is 1.62. The number of aliphatic hydroxyl groups is 1. The highest BCUT2D eigenvalue weighted by molar-refractivity contribution is 4.66. The highest BCUT2D eigenvalue weighted by Crippen LogP contribution is 2.18. The zero-order valence-corrected chi connectivity index (χ0v) is 9.71. The van der Waals surface area contributed by atoms with Gasteiger partial charge in [0.2, 0.25) is 0 Å². The fourth-order valence-electron chi connectivity index (χ4n) is 1.62. The van der Waals surface area contributed by atoms with Crippen LogP contribution < -0.4 is 0 Å². The Bertz CT molecular complexity index is 110. The Kier molecular flexibility index (Phi) is 7.35. The number of unbranched alkanes of at least 4 members (excludes halogenated alkanes) is 2. The molecule has 0 saturated carbocycles. The summed E-state index contributed by atoms with van der Waals surface area (Å²) in [5.41, 5.74) is 0. The summed E-state index contributed by atoms with van der Waals surface area (Å²) in [6.45, 7) is 8.72. The van der Waals surface area contributed by atoms with E-state index in [0.29, 0.717) is 11.8 Å². The molecule has 0 spiro atoms. The molecule has 1 N–H and O–H groups in total. The van der Waals surface area contributed by atoms with Crippen molar-refractivity contribution in [1.29, 1.82) is 0 Å². The summed E-state index contributed by atoms with van der Waals surface area (Å²) >= 11 is 0. The molecule has 0 aliphatic rings. The Balaban J connectivity index is 3.50. The third-order valence-corrected chi connectivity index (χ3v) is 2.63. The molecule has 0 fully saturated rings. The van der Waals surface area contributed by atoms with Gasteiger partial charge in [-0.05, 0) is 24.7 Å². The van der Waals surface area contributed by atoms with Crippen molar-refractivity contribution in [2.45, 2.75) is 65.9 Å². The normalized spacial score (nSPS) is 16.2. The highest BCUT2D eigenvalue weighted by atomic mass is 16.3. The minimum absolute atomic E-state index is 0.0862. The van der Waals surface area contributed by atoms with Crippen LogP contribution in [-0.4, -0.2) is 11.2 Å². The molecule has 0 bridgehead atoms. The van der Waals surface area contributed by atoms with E-state index in [0.717, 1.165) is 6.42 Å². The summed E-state index contributed by atoms with van der Waals surface area (Å²) in [4.78, 5) is 0. The molecule has 1 heteroatoms. The van der Waals surface area contributed by atoms with E-state index in [2.05, 4.69) is 27.7 Å². The summed E-state index contributed by atoms with van der Waals surface area (Å²) in [7, 11) is 0. The van der Waals surface area contributed by atoms with E-state index in [1.807, 2.05) is 0 Å². The highest BCUT2D eigenvalue weighted by Gasteiger charge is 2.14. The third kappa shape index (κ3) is 7.06. The molecular formula is C12H26O. The minimum Gasteiger partial charge on any atom is -0.393 e. The quantitative estimate of drug-likeness (QED) is 0.602. The maximum absolute atomic E-state index is 9.79. The zero-order chi connectivity index (χ0) is 10.3. The van der Waals surface area contributed by atoms with Gasteiger partial charge in [0.25, 0.3) is 0 Å². The van der Waals surface area contributed by atoms with Gasteiger partial charge in [-0.3, -0.25) is 0 Å². The molecule has 1 nitrogen and oxygen atoms in total. The molecule has 0 aromatic rings. The Morgan fingerprint density at radius 1 is 1.08 bits per heavy atom. The monoisotopic (exact) mass is 186 g/mol. The Morgan fingerprint density at radius 3 is 2.15 bits per heavy atom. The van der Waals surface area contributed by atoms with E-state index in [9.17, 15) is 5.11 Å². The van der Waals surface area contributed by atoms with Crippen LogP contribution in [0.15, 0.2) is 0 Å². The van der Waals surface area contributed by atoms with E-state index >= 15 is 0 Å². The van der Waals surface area contributed by atoms with Gasteiger partial charge in [-0.2, -0.15) is 0 Å². The summed E-state index contributed by atoms with van der Waals surface area (Å²) < 4.78 is 0. The second-order valence-electron chi connectivity index (χ2n) is 4.67. The molecule has 0 rings (SSSR count). The standard InChI is InChI=1S/C12H26O/c1-5-6-7-8-11(4)12(13)9-10(2)3/h10-13H,5-9H2,1-4H3. The summed E-state index contributed by atoms with van der Waals surface area (Å²) in [6, 6.07) is 0. The predicted octanol–water partition coefficient (Wildman–Crippen LogP) is 3.61. The number of rotatable bonds is 7. The molecule has 0 radical (unpaired) electrons. The first-order valence-electron chi connectivity index (χ1n) is 5.76. The summed E-state index contributed by atoms with van der Waals surface area (Å²) in [5, 5.41) is 9.79. The van der Waals surface area contributed by atoms with Gasteiger partial charge in [0, 0.05) is 0 Å². The van der Waals surface area contributed by atoms with Crippen LogP contribution in [0.5, 0.6) is 0 Å². The lowest BCUT2D eigenvalue weighted by molar-refractivity contribution is 0.0891. The van der Waals surface area contributed by atoms with Crippen molar-refractivity contribution in [3.8, 4) is 0 Å². The lowest BCUT2D eigenvalue weighted by Gasteiger charge is -2.20. The molecule has 0 amide bonds. The Morgan fingerprint density at radius 2 is 1.69 bits per heavy atom. The van der Waals surface area contributed by atoms with Gasteiger partial charge < -0.3 is 5.11 Å². The van der Waals surface area contributed by atoms with E-state index < -0.39 is 0 Å². The molecular weight excluding hydrogens is 160 g/mol. The molecule has 0 aromatic heterocycles. The molecule has 0 heterocycles. The molecule has 0 aromatic carbocycles. The van der Waals surface area contributed by atoms with Crippen LogP contribution in [0.1, 0.15) is 59.8 Å². The average molecular weight is 186 g/mol. The first kappa shape index (κ1) is 13.0. The first-order chi connectivity index (χ1) is 6.07. The van der Waals surface area contributed by atoms with Gasteiger partial charge in [0.15, 0.2) is 0 Å². The van der Waals surface area contributed by atoms with Gasteiger partial charge in [0.1, 0.15) is 0 Å². The number of aliphatic hydroxyl groups excluding tert-OH is 1. The Hall–Kier alpha value is -0.0400. The summed E-state index contributed by atoms with van der Waals surface area (Å²) in [6.07, 6.45) is 5.89. The van der Waals surface area contributed by atoms with Crippen molar-refractivity contribution in [2.75, 3.05) is 0 Å². The molecule has 2 unspecified atom stereocenters. The number of hydrogen-bond donors (Lipinski definition) is 1. The first-order valence-corrected chi connectivity index (χ1v) is 5.76. The summed E-state index contributed by atoms with van der Waals surface area (Å²) in [5.74, 6) is 1.09. The predicted molar refractivity (Wildman–Crippen MR) is 58.8 cm³/mol. The van der Waals surface area contributed by atoms with Crippen molar-refractivity contribution in [3.63, 3.8) is 0 Å². The third-order valence-electron chi connectivity index (χ3n) is 2.63. The van der Waals surface area contributed by atoms with Crippen molar-refractivity contribution < 1.29 is 5.11 Å². The lowest BCUT2D eigenvalue weighted by Crippen LogP contribution is -2.19.